The summed E-state index contributed by atoms with van der Waals surface area (Å²) in [6.45, 7) is 0. The van der Waals surface area contributed by atoms with Gasteiger partial charge in [-0.15, -0.1) is 0 Å². The predicted molar refractivity (Wildman–Crippen MR) is 215 cm³/mol. The number of para-hydroxylation sites is 2. The van der Waals surface area contributed by atoms with Gasteiger partial charge < -0.3 is 0 Å². The summed E-state index contributed by atoms with van der Waals surface area (Å²) in [6, 6.07) is 63.2. The normalized spacial score (nSPS) is 11.9. The van der Waals surface area contributed by atoms with Gasteiger partial charge in [-0.1, -0.05) is 152 Å². The molecule has 0 unspecified atom stereocenters. The van der Waals surface area contributed by atoms with E-state index in [0.29, 0.717) is 5.95 Å². The van der Waals surface area contributed by atoms with Crippen LogP contribution in [0.25, 0.3) is 104 Å². The van der Waals surface area contributed by atoms with Gasteiger partial charge in [-0.25, -0.2) is 9.97 Å². The van der Waals surface area contributed by atoms with Gasteiger partial charge in [-0.3, -0.25) is 4.57 Å². The van der Waals surface area contributed by atoms with Crippen molar-refractivity contribution in [3.05, 3.63) is 176 Å². The van der Waals surface area contributed by atoms with Crippen molar-refractivity contribution in [2.45, 2.75) is 0 Å². The van der Waals surface area contributed by atoms with Gasteiger partial charge in [-0.2, -0.15) is 0 Å². The van der Waals surface area contributed by atoms with E-state index in [1.807, 2.05) is 0 Å². The van der Waals surface area contributed by atoms with E-state index in [1.54, 1.807) is 0 Å². The van der Waals surface area contributed by atoms with E-state index in [0.717, 1.165) is 33.2 Å². The second-order valence-electron chi connectivity index (χ2n) is 13.4. The lowest BCUT2D eigenvalue weighted by atomic mass is 9.96. The molecule has 0 aliphatic rings. The minimum atomic E-state index is 0.665. The second kappa shape index (κ2) is 10.8. The maximum Gasteiger partial charge on any atom is 0.235 e. The van der Waals surface area contributed by atoms with Crippen molar-refractivity contribution in [2.24, 2.45) is 0 Å². The summed E-state index contributed by atoms with van der Waals surface area (Å²) < 4.78 is 2.25. The summed E-state index contributed by atoms with van der Waals surface area (Å²) in [7, 11) is 0. The van der Waals surface area contributed by atoms with Crippen molar-refractivity contribution in [3.8, 4) is 28.3 Å². The molecule has 0 amide bonds. The molecule has 2 aromatic heterocycles. The summed E-state index contributed by atoms with van der Waals surface area (Å²) in [4.78, 5) is 10.6. The smallest absolute Gasteiger partial charge is 0.235 e. The molecule has 0 N–H and O–H groups in total. The van der Waals surface area contributed by atoms with Gasteiger partial charge in [0.25, 0.3) is 0 Å². The van der Waals surface area contributed by atoms with Crippen LogP contribution in [0.15, 0.2) is 176 Å². The summed E-state index contributed by atoms with van der Waals surface area (Å²) >= 11 is 0. The molecule has 51 heavy (non-hydrogen) atoms. The first-order valence-electron chi connectivity index (χ1n) is 17.4. The molecule has 11 aromatic rings. The summed E-state index contributed by atoms with van der Waals surface area (Å²) in [6.07, 6.45) is 0. The summed E-state index contributed by atoms with van der Waals surface area (Å²) in [5.74, 6) is 0.665. The SMILES string of the molecule is c1ccc2c(-c3ccc(-c4nc(-n5c6ccccc6c6cc7ccc8c9ccccc9ccc8c7cc65)nc5ccccc45)cc3)cccc2c1. The molecular formula is C48H29N3. The minimum Gasteiger partial charge on any atom is -0.278 e. The van der Waals surface area contributed by atoms with Gasteiger partial charge in [0, 0.05) is 21.7 Å². The fourth-order valence-corrected chi connectivity index (χ4v) is 8.17. The first-order chi connectivity index (χ1) is 25.3. The predicted octanol–water partition coefficient (Wildman–Crippen LogP) is 12.7. The highest BCUT2D eigenvalue weighted by atomic mass is 15.2. The van der Waals surface area contributed by atoms with Crippen molar-refractivity contribution < 1.29 is 0 Å². The number of fused-ring (bicyclic) bond motifs is 10. The van der Waals surface area contributed by atoms with E-state index in [-0.39, 0.29) is 0 Å². The van der Waals surface area contributed by atoms with Crippen LogP contribution in [0, 0.1) is 0 Å². The van der Waals surface area contributed by atoms with E-state index >= 15 is 0 Å². The fourth-order valence-electron chi connectivity index (χ4n) is 8.17. The van der Waals surface area contributed by atoms with Gasteiger partial charge in [0.05, 0.1) is 22.2 Å². The molecule has 2 heterocycles. The van der Waals surface area contributed by atoms with E-state index in [2.05, 4.69) is 180 Å². The molecule has 9 aromatic carbocycles. The van der Waals surface area contributed by atoms with E-state index in [4.69, 9.17) is 9.97 Å². The summed E-state index contributed by atoms with van der Waals surface area (Å²) in [5, 5.41) is 13.4. The Morgan fingerprint density at radius 2 is 0.961 bits per heavy atom. The van der Waals surface area contributed by atoms with Crippen LogP contribution in [0.3, 0.4) is 0 Å². The van der Waals surface area contributed by atoms with Gasteiger partial charge in [0.15, 0.2) is 0 Å². The zero-order valence-corrected chi connectivity index (χ0v) is 27.6. The molecule has 0 atom stereocenters. The Kier molecular flexibility index (Phi) is 5.96. The van der Waals surface area contributed by atoms with Gasteiger partial charge in [0.2, 0.25) is 5.95 Å². The average molecular weight is 648 g/mol. The minimum absolute atomic E-state index is 0.665. The molecule has 0 radical (unpaired) electrons. The van der Waals surface area contributed by atoms with Crippen molar-refractivity contribution in [3.63, 3.8) is 0 Å². The monoisotopic (exact) mass is 647 g/mol. The van der Waals surface area contributed by atoms with Gasteiger partial charge in [-0.05, 0) is 78.5 Å². The number of rotatable bonds is 3. The number of hydrogen-bond acceptors (Lipinski definition) is 2. The number of benzene rings is 9. The van der Waals surface area contributed by atoms with Gasteiger partial charge in [0.1, 0.15) is 0 Å². The topological polar surface area (TPSA) is 30.7 Å². The van der Waals surface area contributed by atoms with E-state index in [1.165, 1.54) is 65.0 Å². The Morgan fingerprint density at radius 3 is 1.80 bits per heavy atom. The molecule has 236 valence electrons. The van der Waals surface area contributed by atoms with Crippen LogP contribution >= 0.6 is 0 Å². The maximum absolute atomic E-state index is 5.40. The van der Waals surface area contributed by atoms with E-state index in [9.17, 15) is 0 Å². The average Bonchev–Trinajstić information content (AvgIpc) is 3.52. The van der Waals surface area contributed by atoms with Crippen molar-refractivity contribution in [1.29, 1.82) is 0 Å². The second-order valence-corrected chi connectivity index (χ2v) is 13.4. The molecule has 0 aliphatic heterocycles. The lowest BCUT2D eigenvalue weighted by Gasteiger charge is -2.13. The molecule has 0 fully saturated rings. The van der Waals surface area contributed by atoms with Crippen LogP contribution < -0.4 is 0 Å². The first-order valence-corrected chi connectivity index (χ1v) is 17.4. The third-order valence-corrected chi connectivity index (χ3v) is 10.6. The van der Waals surface area contributed by atoms with Crippen LogP contribution in [0.1, 0.15) is 0 Å². The molecule has 3 heteroatoms. The Bertz CT molecular complexity index is 3180. The van der Waals surface area contributed by atoms with Crippen LogP contribution in [-0.2, 0) is 0 Å². The standard InChI is InChI=1S/C48H29N3/c1-3-13-35-30(10-1)12-9-17-36(35)32-20-22-33(23-21-32)47-41-16-5-7-18-44(41)49-48(50-47)51-45-19-8-6-15-40(45)43-28-34-25-27-38-37-14-4-2-11-31(37)24-26-39(38)42(34)29-46(43)51/h1-29H. The molecular weight excluding hydrogens is 619 g/mol. The van der Waals surface area contributed by atoms with Crippen LogP contribution in [-0.4, -0.2) is 14.5 Å². The van der Waals surface area contributed by atoms with Gasteiger partial charge >= 0.3 is 0 Å². The van der Waals surface area contributed by atoms with Crippen molar-refractivity contribution >= 4 is 75.8 Å². The number of hydrogen-bond donors (Lipinski definition) is 0. The first kappa shape index (κ1) is 28.0. The van der Waals surface area contributed by atoms with E-state index < -0.39 is 0 Å². The maximum atomic E-state index is 5.40. The number of nitrogens with zero attached hydrogens (tertiary/aromatic N) is 3. The Morgan fingerprint density at radius 1 is 0.333 bits per heavy atom. The van der Waals surface area contributed by atoms with Crippen LogP contribution in [0.4, 0.5) is 0 Å². The molecule has 0 saturated carbocycles. The Labute approximate surface area is 293 Å². The zero-order valence-electron chi connectivity index (χ0n) is 27.6. The molecule has 11 rings (SSSR count). The quantitative estimate of drug-likeness (QED) is 0.179. The lowest BCUT2D eigenvalue weighted by Crippen LogP contribution is -2.03. The van der Waals surface area contributed by atoms with Crippen molar-refractivity contribution in [1.82, 2.24) is 14.5 Å². The zero-order chi connectivity index (χ0) is 33.5. The lowest BCUT2D eigenvalue weighted by molar-refractivity contribution is 1.01. The summed E-state index contributed by atoms with van der Waals surface area (Å²) in [5.41, 5.74) is 7.49. The number of aromatic nitrogens is 3. The third kappa shape index (κ3) is 4.25. The molecule has 3 nitrogen and oxygen atoms in total. The highest BCUT2D eigenvalue weighted by Crippen LogP contribution is 2.39. The highest BCUT2D eigenvalue weighted by molar-refractivity contribution is 6.21. The van der Waals surface area contributed by atoms with Crippen LogP contribution in [0.5, 0.6) is 0 Å². The molecule has 0 aliphatic carbocycles. The third-order valence-electron chi connectivity index (χ3n) is 10.6. The molecule has 0 saturated heterocycles. The Hall–Kier alpha value is -6.84. The molecule has 0 spiro atoms. The highest BCUT2D eigenvalue weighted by Gasteiger charge is 2.19. The fraction of sp³-hybridized carbons (Fsp3) is 0. The molecule has 0 bridgehead atoms. The largest absolute Gasteiger partial charge is 0.278 e. The van der Waals surface area contributed by atoms with Crippen LogP contribution in [0.2, 0.25) is 0 Å². The Balaban J connectivity index is 1.15. The van der Waals surface area contributed by atoms with Crippen molar-refractivity contribution in [2.75, 3.05) is 0 Å².